The van der Waals surface area contributed by atoms with Crippen molar-refractivity contribution in [3.8, 4) is 0 Å². The Morgan fingerprint density at radius 3 is 2.89 bits per heavy atom. The van der Waals surface area contributed by atoms with Gasteiger partial charge in [0.1, 0.15) is 5.82 Å². The first-order chi connectivity index (χ1) is 8.63. The fourth-order valence-electron chi connectivity index (χ4n) is 1.87. The summed E-state index contributed by atoms with van der Waals surface area (Å²) in [7, 11) is 0. The number of aromatic nitrogens is 2. The number of hydrogen-bond acceptors (Lipinski definition) is 3. The van der Waals surface area contributed by atoms with Crippen LogP contribution >= 0.6 is 22.9 Å². The molecular formula is C12H9ClFN3S. The van der Waals surface area contributed by atoms with Crippen LogP contribution in [-0.4, -0.2) is 9.55 Å². The Morgan fingerprint density at radius 1 is 1.33 bits per heavy atom. The molecule has 1 aromatic carbocycles. The van der Waals surface area contributed by atoms with Gasteiger partial charge in [0, 0.05) is 4.88 Å². The molecule has 3 nitrogen and oxygen atoms in total. The molecule has 0 atom stereocenters. The first-order valence-corrected chi connectivity index (χ1v) is 6.48. The van der Waals surface area contributed by atoms with Gasteiger partial charge in [-0.3, -0.25) is 0 Å². The van der Waals surface area contributed by atoms with E-state index in [1.807, 2.05) is 12.1 Å². The van der Waals surface area contributed by atoms with Crippen molar-refractivity contribution < 1.29 is 4.39 Å². The topological polar surface area (TPSA) is 43.8 Å². The molecule has 0 aliphatic carbocycles. The van der Waals surface area contributed by atoms with Crippen LogP contribution in [0, 0.1) is 5.82 Å². The average molecular weight is 282 g/mol. The molecule has 0 unspecified atom stereocenters. The summed E-state index contributed by atoms with van der Waals surface area (Å²) < 4.78 is 15.8. The SMILES string of the molecule is Nc1nc2ccc(F)cc2n1Cc1ccc(Cl)s1. The lowest BCUT2D eigenvalue weighted by Gasteiger charge is -2.04. The summed E-state index contributed by atoms with van der Waals surface area (Å²) in [6, 6.07) is 8.20. The number of imidazole rings is 1. The van der Waals surface area contributed by atoms with Gasteiger partial charge < -0.3 is 10.3 Å². The predicted octanol–water partition coefficient (Wildman–Crippen LogP) is 3.52. The van der Waals surface area contributed by atoms with Gasteiger partial charge in [-0.25, -0.2) is 9.37 Å². The second-order valence-electron chi connectivity index (χ2n) is 3.90. The van der Waals surface area contributed by atoms with Crippen molar-refractivity contribution in [3.05, 3.63) is 45.4 Å². The summed E-state index contributed by atoms with van der Waals surface area (Å²) in [4.78, 5) is 5.25. The highest BCUT2D eigenvalue weighted by Gasteiger charge is 2.10. The maximum atomic E-state index is 13.3. The van der Waals surface area contributed by atoms with Crippen molar-refractivity contribution in [2.75, 3.05) is 5.73 Å². The maximum absolute atomic E-state index is 13.3. The minimum absolute atomic E-state index is 0.298. The lowest BCUT2D eigenvalue weighted by molar-refractivity contribution is 0.628. The molecule has 0 aliphatic rings. The van der Waals surface area contributed by atoms with E-state index in [0.717, 1.165) is 9.21 Å². The molecule has 3 aromatic rings. The van der Waals surface area contributed by atoms with Gasteiger partial charge in [0.15, 0.2) is 0 Å². The van der Waals surface area contributed by atoms with Crippen molar-refractivity contribution in [2.45, 2.75) is 6.54 Å². The predicted molar refractivity (Wildman–Crippen MR) is 72.5 cm³/mol. The second-order valence-corrected chi connectivity index (χ2v) is 5.69. The molecule has 2 heterocycles. The van der Waals surface area contributed by atoms with E-state index in [1.54, 1.807) is 10.6 Å². The molecule has 2 aromatic heterocycles. The van der Waals surface area contributed by atoms with Crippen molar-refractivity contribution >= 4 is 39.9 Å². The van der Waals surface area contributed by atoms with Crippen LogP contribution in [-0.2, 0) is 6.54 Å². The number of benzene rings is 1. The van der Waals surface area contributed by atoms with Gasteiger partial charge in [-0.15, -0.1) is 11.3 Å². The summed E-state index contributed by atoms with van der Waals surface area (Å²) >= 11 is 7.36. The minimum atomic E-state index is -0.298. The van der Waals surface area contributed by atoms with Crippen LogP contribution in [0.15, 0.2) is 30.3 Å². The molecule has 0 amide bonds. The zero-order valence-electron chi connectivity index (χ0n) is 9.23. The van der Waals surface area contributed by atoms with Gasteiger partial charge in [0.2, 0.25) is 5.95 Å². The number of thiophene rings is 1. The molecule has 0 spiro atoms. The molecule has 0 aliphatic heterocycles. The van der Waals surface area contributed by atoms with Crippen LogP contribution in [0.5, 0.6) is 0 Å². The van der Waals surface area contributed by atoms with E-state index in [-0.39, 0.29) is 5.82 Å². The van der Waals surface area contributed by atoms with E-state index in [4.69, 9.17) is 17.3 Å². The summed E-state index contributed by atoms with van der Waals surface area (Å²) in [5.41, 5.74) is 7.24. The third-order valence-corrected chi connectivity index (χ3v) is 3.90. The number of nitrogens with zero attached hydrogens (tertiary/aromatic N) is 2. The van der Waals surface area contributed by atoms with Crippen LogP contribution < -0.4 is 5.73 Å². The summed E-state index contributed by atoms with van der Waals surface area (Å²) in [5.74, 6) is 0.0768. The van der Waals surface area contributed by atoms with Crippen molar-refractivity contribution in [1.82, 2.24) is 9.55 Å². The Labute approximate surface area is 112 Å². The second kappa shape index (κ2) is 4.26. The van der Waals surface area contributed by atoms with Gasteiger partial charge >= 0.3 is 0 Å². The molecule has 0 bridgehead atoms. The fraction of sp³-hybridized carbons (Fsp3) is 0.0833. The molecule has 92 valence electrons. The smallest absolute Gasteiger partial charge is 0.201 e. The fourth-order valence-corrected chi connectivity index (χ4v) is 2.95. The quantitative estimate of drug-likeness (QED) is 0.781. The van der Waals surface area contributed by atoms with E-state index in [9.17, 15) is 4.39 Å². The zero-order valence-corrected chi connectivity index (χ0v) is 10.8. The van der Waals surface area contributed by atoms with Gasteiger partial charge in [0.05, 0.1) is 21.9 Å². The monoisotopic (exact) mass is 281 g/mol. The van der Waals surface area contributed by atoms with Gasteiger partial charge in [0.25, 0.3) is 0 Å². The van der Waals surface area contributed by atoms with Crippen LogP contribution in [0.25, 0.3) is 11.0 Å². The Morgan fingerprint density at radius 2 is 2.17 bits per heavy atom. The number of nitrogens with two attached hydrogens (primary N) is 1. The van der Waals surface area contributed by atoms with Crippen molar-refractivity contribution in [2.24, 2.45) is 0 Å². The summed E-state index contributed by atoms with van der Waals surface area (Å²) in [5, 5.41) is 0. The summed E-state index contributed by atoms with van der Waals surface area (Å²) in [6.07, 6.45) is 0. The number of anilines is 1. The molecule has 0 saturated heterocycles. The molecule has 18 heavy (non-hydrogen) atoms. The third-order valence-electron chi connectivity index (χ3n) is 2.68. The van der Waals surface area contributed by atoms with E-state index >= 15 is 0 Å². The Hall–Kier alpha value is -1.59. The molecule has 0 fully saturated rings. The first-order valence-electron chi connectivity index (χ1n) is 5.29. The molecule has 6 heteroatoms. The van der Waals surface area contributed by atoms with Crippen LogP contribution in [0.1, 0.15) is 4.88 Å². The van der Waals surface area contributed by atoms with Crippen LogP contribution in [0.4, 0.5) is 10.3 Å². The highest BCUT2D eigenvalue weighted by Crippen LogP contribution is 2.25. The highest BCUT2D eigenvalue weighted by molar-refractivity contribution is 7.16. The molecule has 0 radical (unpaired) electrons. The highest BCUT2D eigenvalue weighted by atomic mass is 35.5. The Balaban J connectivity index is 2.10. The number of fused-ring (bicyclic) bond motifs is 1. The normalized spacial score (nSPS) is 11.2. The van der Waals surface area contributed by atoms with Crippen molar-refractivity contribution in [1.29, 1.82) is 0 Å². The van der Waals surface area contributed by atoms with E-state index in [0.29, 0.717) is 23.5 Å². The Bertz CT molecular complexity index is 719. The third kappa shape index (κ3) is 1.95. The van der Waals surface area contributed by atoms with Crippen LogP contribution in [0.3, 0.4) is 0 Å². The number of hydrogen-bond donors (Lipinski definition) is 1. The van der Waals surface area contributed by atoms with Gasteiger partial charge in [-0.2, -0.15) is 0 Å². The minimum Gasteiger partial charge on any atom is -0.369 e. The lowest BCUT2D eigenvalue weighted by Crippen LogP contribution is -2.03. The molecule has 2 N–H and O–H groups in total. The maximum Gasteiger partial charge on any atom is 0.201 e. The largest absolute Gasteiger partial charge is 0.369 e. The Kier molecular flexibility index (Phi) is 2.72. The molecule has 0 saturated carbocycles. The summed E-state index contributed by atoms with van der Waals surface area (Å²) in [6.45, 7) is 0.545. The van der Waals surface area contributed by atoms with Gasteiger partial charge in [-0.05, 0) is 30.3 Å². The average Bonchev–Trinajstić information content (AvgIpc) is 2.86. The van der Waals surface area contributed by atoms with E-state index in [1.165, 1.54) is 23.5 Å². The first kappa shape index (κ1) is 11.5. The number of rotatable bonds is 2. The molecule has 3 rings (SSSR count). The number of nitrogen functional groups attached to an aromatic ring is 1. The molecular weight excluding hydrogens is 273 g/mol. The number of halogens is 2. The van der Waals surface area contributed by atoms with Gasteiger partial charge in [-0.1, -0.05) is 11.6 Å². The zero-order chi connectivity index (χ0) is 12.7. The van der Waals surface area contributed by atoms with Crippen LogP contribution in [0.2, 0.25) is 4.34 Å². The lowest BCUT2D eigenvalue weighted by atomic mass is 10.3. The standard InChI is InChI=1S/C12H9ClFN3S/c13-11-4-2-8(18-11)6-17-10-5-7(14)1-3-9(10)16-12(17)15/h1-5H,6H2,(H2,15,16). The van der Waals surface area contributed by atoms with E-state index < -0.39 is 0 Å². The van der Waals surface area contributed by atoms with E-state index in [2.05, 4.69) is 4.98 Å². The van der Waals surface area contributed by atoms with Crippen molar-refractivity contribution in [3.63, 3.8) is 0 Å².